The Kier molecular flexibility index (Phi) is 6.04. The molecule has 8 heteroatoms. The summed E-state index contributed by atoms with van der Waals surface area (Å²) in [6.07, 6.45) is 5.18. The molecule has 0 aliphatic heterocycles. The van der Waals surface area contributed by atoms with Crippen LogP contribution in [-0.4, -0.2) is 62.3 Å². The molecule has 4 aliphatic carbocycles. The minimum atomic E-state index is -1.75. The minimum absolute atomic E-state index is 0.000386. The van der Waals surface area contributed by atoms with Crippen molar-refractivity contribution in [2.24, 2.45) is 28.6 Å². The van der Waals surface area contributed by atoms with E-state index < -0.39 is 45.4 Å². The topological polar surface area (TPSA) is 118 Å². The third kappa shape index (κ3) is 3.44. The van der Waals surface area contributed by atoms with Crippen LogP contribution in [0.2, 0.25) is 0 Å². The zero-order valence-corrected chi connectivity index (χ0v) is 19.9. The maximum Gasteiger partial charge on any atom is 0.318 e. The lowest BCUT2D eigenvalue weighted by atomic mass is 9.45. The zero-order valence-electron chi connectivity index (χ0n) is 19.1. The average molecular weight is 467 g/mol. The van der Waals surface area contributed by atoms with Crippen LogP contribution in [0.3, 0.4) is 0 Å². The van der Waals surface area contributed by atoms with Crippen LogP contribution in [-0.2, 0) is 29.9 Å². The van der Waals surface area contributed by atoms with Gasteiger partial charge in [-0.15, -0.1) is 0 Å². The molecule has 5 unspecified atom stereocenters. The van der Waals surface area contributed by atoms with Gasteiger partial charge in [-0.25, -0.2) is 0 Å². The van der Waals surface area contributed by atoms with Crippen molar-refractivity contribution in [2.75, 3.05) is 18.6 Å². The predicted octanol–water partition coefficient (Wildman–Crippen LogP) is 1.71. The number of fused-ring (bicyclic) bond motifs is 5. The Morgan fingerprint density at radius 1 is 1.19 bits per heavy atom. The second-order valence-electron chi connectivity index (χ2n) is 10.7. The second kappa shape index (κ2) is 8.13. The molecule has 32 heavy (non-hydrogen) atoms. The van der Waals surface area contributed by atoms with E-state index in [0.29, 0.717) is 19.3 Å². The fourth-order valence-corrected chi connectivity index (χ4v) is 8.67. The molecule has 4 aliphatic rings. The van der Waals surface area contributed by atoms with Crippen molar-refractivity contribution < 1.29 is 33.5 Å². The highest BCUT2D eigenvalue weighted by molar-refractivity contribution is 7.86. The molecule has 0 radical (unpaired) electrons. The van der Waals surface area contributed by atoms with Crippen LogP contribution in [0.4, 0.5) is 0 Å². The van der Waals surface area contributed by atoms with Gasteiger partial charge in [0, 0.05) is 22.6 Å². The molecule has 3 saturated carbocycles. The molecule has 178 valence electrons. The standard InChI is InChI=1S/C24H34O7S/c1-22-8-6-15(25)10-14(22)4-5-16-17-7-9-24(29,23(17,2)11-18(26)21(16)22)19(27)12-32(30)13-20(28)31-3/h10,16-18,21,26,29H,4-9,11-13H2,1-3H3/t16?,17?,18?,21?,22-,23-,24-,32?/m0/s1. The van der Waals surface area contributed by atoms with E-state index in [1.165, 1.54) is 7.11 Å². The summed E-state index contributed by atoms with van der Waals surface area (Å²) < 4.78 is 16.8. The number of Topliss-reactive ketones (excluding diaryl/α,β-unsaturated/α-hetero) is 1. The molecule has 0 aromatic carbocycles. The monoisotopic (exact) mass is 466 g/mol. The molecule has 0 aromatic rings. The fraction of sp³-hybridized carbons (Fsp3) is 0.792. The first-order valence-electron chi connectivity index (χ1n) is 11.6. The largest absolute Gasteiger partial charge is 0.468 e. The lowest BCUT2D eigenvalue weighted by molar-refractivity contribution is -0.178. The quantitative estimate of drug-likeness (QED) is 0.592. The summed E-state index contributed by atoms with van der Waals surface area (Å²) >= 11 is 0. The van der Waals surface area contributed by atoms with Crippen molar-refractivity contribution in [1.29, 1.82) is 0 Å². The number of allylic oxidation sites excluding steroid dienone is 1. The van der Waals surface area contributed by atoms with Crippen molar-refractivity contribution in [3.8, 4) is 0 Å². The van der Waals surface area contributed by atoms with E-state index in [2.05, 4.69) is 11.7 Å². The molecule has 3 fully saturated rings. The number of hydrogen-bond donors (Lipinski definition) is 2. The summed E-state index contributed by atoms with van der Waals surface area (Å²) in [6.45, 7) is 4.06. The van der Waals surface area contributed by atoms with E-state index in [0.717, 1.165) is 24.8 Å². The third-order valence-corrected chi connectivity index (χ3v) is 10.5. The Hall–Kier alpha value is -1.38. The van der Waals surface area contributed by atoms with Gasteiger partial charge in [0.05, 0.1) is 19.0 Å². The van der Waals surface area contributed by atoms with Crippen LogP contribution in [0, 0.1) is 28.6 Å². The van der Waals surface area contributed by atoms with Crippen LogP contribution in [0.1, 0.15) is 58.8 Å². The third-order valence-electron chi connectivity index (χ3n) is 9.31. The van der Waals surface area contributed by atoms with Gasteiger partial charge in [-0.05, 0) is 67.8 Å². The molecule has 0 saturated heterocycles. The van der Waals surface area contributed by atoms with Crippen molar-refractivity contribution in [3.63, 3.8) is 0 Å². The normalized spacial score (nSPS) is 44.0. The fourth-order valence-electron chi connectivity index (χ4n) is 7.66. The molecule has 0 bridgehead atoms. The highest BCUT2D eigenvalue weighted by Crippen LogP contribution is 2.67. The number of esters is 1. The van der Waals surface area contributed by atoms with Gasteiger partial charge in [0.25, 0.3) is 0 Å². The first-order chi connectivity index (χ1) is 15.0. The van der Waals surface area contributed by atoms with E-state index in [4.69, 9.17) is 0 Å². The van der Waals surface area contributed by atoms with Gasteiger partial charge < -0.3 is 14.9 Å². The average Bonchev–Trinajstić information content (AvgIpc) is 2.99. The van der Waals surface area contributed by atoms with Gasteiger partial charge >= 0.3 is 5.97 Å². The van der Waals surface area contributed by atoms with E-state index in [1.807, 2.05) is 6.92 Å². The number of rotatable bonds is 5. The molecule has 2 N–H and O–H groups in total. The number of carbonyl (C=O) groups excluding carboxylic acids is 3. The highest BCUT2D eigenvalue weighted by Gasteiger charge is 2.68. The highest BCUT2D eigenvalue weighted by atomic mass is 32.2. The Labute approximate surface area is 191 Å². The van der Waals surface area contributed by atoms with Gasteiger partial charge in [-0.1, -0.05) is 19.4 Å². The second-order valence-corrected chi connectivity index (χ2v) is 12.2. The van der Waals surface area contributed by atoms with Gasteiger partial charge in [-0.2, -0.15) is 0 Å². The number of aliphatic hydroxyl groups is 2. The zero-order chi connectivity index (χ0) is 23.5. The molecule has 0 aromatic heterocycles. The van der Waals surface area contributed by atoms with Crippen molar-refractivity contribution in [3.05, 3.63) is 11.6 Å². The SMILES string of the molecule is COC(=O)CS(=O)CC(=O)[C@@]1(O)CCC2C3CCC4=CC(=O)CC[C@]4(C)C3C(O)C[C@@]21C. The number of aliphatic hydroxyl groups excluding tert-OH is 1. The van der Waals surface area contributed by atoms with Gasteiger partial charge in [0.2, 0.25) is 0 Å². The number of carbonyl (C=O) groups is 3. The Balaban J connectivity index is 1.60. The predicted molar refractivity (Wildman–Crippen MR) is 118 cm³/mol. The van der Waals surface area contributed by atoms with Crippen molar-refractivity contribution in [1.82, 2.24) is 0 Å². The van der Waals surface area contributed by atoms with Gasteiger partial charge in [0.15, 0.2) is 11.6 Å². The number of ether oxygens (including phenoxy) is 1. The first kappa shape index (κ1) is 23.8. The molecular formula is C24H34O7S. The van der Waals surface area contributed by atoms with E-state index in [1.54, 1.807) is 6.08 Å². The molecule has 8 atom stereocenters. The van der Waals surface area contributed by atoms with Gasteiger partial charge in [-0.3, -0.25) is 18.6 Å². The summed E-state index contributed by atoms with van der Waals surface area (Å²) in [5, 5.41) is 23.0. The van der Waals surface area contributed by atoms with Crippen LogP contribution < -0.4 is 0 Å². The van der Waals surface area contributed by atoms with Crippen LogP contribution >= 0.6 is 0 Å². The molecule has 4 rings (SSSR count). The molecule has 0 heterocycles. The summed E-state index contributed by atoms with van der Waals surface area (Å²) in [4.78, 5) is 36.6. The first-order valence-corrected chi connectivity index (χ1v) is 13.0. The number of methoxy groups -OCH3 is 1. The minimum Gasteiger partial charge on any atom is -0.468 e. The van der Waals surface area contributed by atoms with E-state index >= 15 is 0 Å². The Bertz CT molecular complexity index is 897. The summed E-state index contributed by atoms with van der Waals surface area (Å²) in [5.74, 6) is -1.56. The Morgan fingerprint density at radius 2 is 1.91 bits per heavy atom. The summed E-state index contributed by atoms with van der Waals surface area (Å²) in [7, 11) is -0.552. The number of ketones is 2. The van der Waals surface area contributed by atoms with E-state index in [-0.39, 0.29) is 41.1 Å². The van der Waals surface area contributed by atoms with E-state index in [9.17, 15) is 28.8 Å². The maximum absolute atomic E-state index is 13.2. The lowest BCUT2D eigenvalue weighted by Gasteiger charge is -2.60. The maximum atomic E-state index is 13.2. The molecule has 0 spiro atoms. The molecular weight excluding hydrogens is 432 g/mol. The van der Waals surface area contributed by atoms with Crippen molar-refractivity contribution in [2.45, 2.75) is 70.5 Å². The molecule has 0 amide bonds. The van der Waals surface area contributed by atoms with Gasteiger partial charge in [0.1, 0.15) is 11.4 Å². The van der Waals surface area contributed by atoms with Crippen LogP contribution in [0.25, 0.3) is 0 Å². The lowest BCUT2D eigenvalue weighted by Crippen LogP contribution is -2.62. The van der Waals surface area contributed by atoms with Crippen LogP contribution in [0.5, 0.6) is 0 Å². The Morgan fingerprint density at radius 3 is 2.59 bits per heavy atom. The summed E-state index contributed by atoms with van der Waals surface area (Å²) in [6, 6.07) is 0. The number of hydrogen-bond acceptors (Lipinski definition) is 7. The summed E-state index contributed by atoms with van der Waals surface area (Å²) in [5.41, 5.74) is -1.58. The van der Waals surface area contributed by atoms with Crippen LogP contribution in [0.15, 0.2) is 11.6 Å². The molecule has 7 nitrogen and oxygen atoms in total. The van der Waals surface area contributed by atoms with Crippen molar-refractivity contribution >= 4 is 28.3 Å². The smallest absolute Gasteiger partial charge is 0.318 e.